The summed E-state index contributed by atoms with van der Waals surface area (Å²) in [6, 6.07) is 10.2. The molecule has 0 saturated heterocycles. The quantitative estimate of drug-likeness (QED) is 0.598. The maximum Gasteiger partial charge on any atom is 0.241 e. The molecular formula is C22H30N2O6S. The highest BCUT2D eigenvalue weighted by molar-refractivity contribution is 7.92. The molecule has 0 fully saturated rings. The number of benzene rings is 2. The van der Waals surface area contributed by atoms with Gasteiger partial charge in [-0.05, 0) is 42.7 Å². The van der Waals surface area contributed by atoms with E-state index in [4.69, 9.17) is 14.2 Å². The third-order valence-corrected chi connectivity index (χ3v) is 6.03. The van der Waals surface area contributed by atoms with E-state index in [0.29, 0.717) is 17.9 Å². The predicted octanol–water partition coefficient (Wildman–Crippen LogP) is 3.05. The van der Waals surface area contributed by atoms with Crippen LogP contribution in [-0.2, 0) is 14.8 Å². The summed E-state index contributed by atoms with van der Waals surface area (Å²) in [5, 5.41) is 2.93. The molecule has 0 bridgehead atoms. The SMILES string of the molecule is CC[C@@H](NC(=O)CN(c1cc(OC)ccc1OC)S(C)(=O)=O)c1ccc(OC)c(C)c1. The zero-order valence-electron chi connectivity index (χ0n) is 18.8. The number of nitrogens with one attached hydrogen (secondary N) is 1. The van der Waals surface area contributed by atoms with Crippen molar-refractivity contribution in [1.29, 1.82) is 0 Å². The normalized spacial score (nSPS) is 12.1. The van der Waals surface area contributed by atoms with Gasteiger partial charge in [-0.25, -0.2) is 8.42 Å². The monoisotopic (exact) mass is 450 g/mol. The summed E-state index contributed by atoms with van der Waals surface area (Å²) in [5.74, 6) is 1.09. The van der Waals surface area contributed by atoms with Crippen LogP contribution in [0.15, 0.2) is 36.4 Å². The van der Waals surface area contributed by atoms with Crippen molar-refractivity contribution in [3.05, 3.63) is 47.5 Å². The Balaban J connectivity index is 2.30. The number of hydrogen-bond donors (Lipinski definition) is 1. The third kappa shape index (κ3) is 6.04. The lowest BCUT2D eigenvalue weighted by Gasteiger charge is -2.26. The number of amides is 1. The number of carbonyl (C=O) groups is 1. The van der Waals surface area contributed by atoms with Crippen molar-refractivity contribution < 1.29 is 27.4 Å². The summed E-state index contributed by atoms with van der Waals surface area (Å²) < 4.78 is 41.8. The maximum atomic E-state index is 12.9. The molecule has 31 heavy (non-hydrogen) atoms. The zero-order valence-corrected chi connectivity index (χ0v) is 19.6. The number of ether oxygens (including phenoxy) is 3. The molecule has 0 aliphatic rings. The Morgan fingerprint density at radius 3 is 2.19 bits per heavy atom. The highest BCUT2D eigenvalue weighted by Crippen LogP contribution is 2.33. The van der Waals surface area contributed by atoms with Crippen LogP contribution in [0.3, 0.4) is 0 Å². The largest absolute Gasteiger partial charge is 0.497 e. The number of aryl methyl sites for hydroxylation is 1. The number of sulfonamides is 1. The topological polar surface area (TPSA) is 94.2 Å². The van der Waals surface area contributed by atoms with Crippen molar-refractivity contribution in [1.82, 2.24) is 5.32 Å². The number of nitrogens with zero attached hydrogens (tertiary/aromatic N) is 1. The minimum atomic E-state index is -3.77. The van der Waals surface area contributed by atoms with Crippen LogP contribution in [0.4, 0.5) is 5.69 Å². The van der Waals surface area contributed by atoms with E-state index in [1.807, 2.05) is 32.0 Å². The minimum Gasteiger partial charge on any atom is -0.497 e. The van der Waals surface area contributed by atoms with E-state index in [-0.39, 0.29) is 11.7 Å². The number of carbonyl (C=O) groups excluding carboxylic acids is 1. The van der Waals surface area contributed by atoms with Gasteiger partial charge in [-0.1, -0.05) is 19.1 Å². The van der Waals surface area contributed by atoms with Crippen molar-refractivity contribution in [2.45, 2.75) is 26.3 Å². The lowest BCUT2D eigenvalue weighted by Crippen LogP contribution is -2.41. The first-order chi connectivity index (χ1) is 14.6. The van der Waals surface area contributed by atoms with E-state index in [9.17, 15) is 13.2 Å². The molecule has 2 aromatic carbocycles. The van der Waals surface area contributed by atoms with Crippen LogP contribution in [0, 0.1) is 6.92 Å². The maximum absolute atomic E-state index is 12.9. The number of methoxy groups -OCH3 is 3. The van der Waals surface area contributed by atoms with Gasteiger partial charge < -0.3 is 19.5 Å². The van der Waals surface area contributed by atoms with Gasteiger partial charge in [-0.2, -0.15) is 0 Å². The van der Waals surface area contributed by atoms with Crippen molar-refractivity contribution >= 4 is 21.6 Å². The molecule has 0 unspecified atom stereocenters. The highest BCUT2D eigenvalue weighted by Gasteiger charge is 2.26. The fourth-order valence-electron chi connectivity index (χ4n) is 3.28. The Labute approximate surface area is 184 Å². The molecular weight excluding hydrogens is 420 g/mol. The van der Waals surface area contributed by atoms with E-state index in [2.05, 4.69) is 5.32 Å². The Hall–Kier alpha value is -2.94. The van der Waals surface area contributed by atoms with Crippen molar-refractivity contribution in [3.8, 4) is 17.2 Å². The molecule has 170 valence electrons. The van der Waals surface area contributed by atoms with E-state index in [1.165, 1.54) is 20.3 Å². The fraction of sp³-hybridized carbons (Fsp3) is 0.409. The molecule has 0 aromatic heterocycles. The molecule has 0 spiro atoms. The zero-order chi connectivity index (χ0) is 23.2. The average Bonchev–Trinajstić information content (AvgIpc) is 2.74. The predicted molar refractivity (Wildman–Crippen MR) is 121 cm³/mol. The molecule has 0 aliphatic carbocycles. The lowest BCUT2D eigenvalue weighted by atomic mass is 10.0. The molecule has 2 rings (SSSR count). The third-order valence-electron chi connectivity index (χ3n) is 4.91. The molecule has 0 aliphatic heterocycles. The van der Waals surface area contributed by atoms with Gasteiger partial charge in [0.05, 0.1) is 39.3 Å². The summed E-state index contributed by atoms with van der Waals surface area (Å²) in [6.07, 6.45) is 1.68. The van der Waals surface area contributed by atoms with E-state index in [1.54, 1.807) is 19.2 Å². The smallest absolute Gasteiger partial charge is 0.241 e. The second-order valence-corrected chi connectivity index (χ2v) is 8.97. The Morgan fingerprint density at radius 2 is 1.68 bits per heavy atom. The molecule has 0 saturated carbocycles. The Morgan fingerprint density at radius 1 is 1.03 bits per heavy atom. The van der Waals surface area contributed by atoms with Gasteiger partial charge in [0.1, 0.15) is 23.8 Å². The van der Waals surface area contributed by atoms with Gasteiger partial charge in [-0.3, -0.25) is 9.10 Å². The molecule has 0 heterocycles. The first kappa shape index (κ1) is 24.3. The van der Waals surface area contributed by atoms with Crippen molar-refractivity contribution in [2.24, 2.45) is 0 Å². The molecule has 8 nitrogen and oxygen atoms in total. The molecule has 1 N–H and O–H groups in total. The number of rotatable bonds is 10. The highest BCUT2D eigenvalue weighted by atomic mass is 32.2. The van der Waals surface area contributed by atoms with Gasteiger partial charge in [0, 0.05) is 6.07 Å². The van der Waals surface area contributed by atoms with Crippen LogP contribution in [-0.4, -0.2) is 48.5 Å². The summed E-state index contributed by atoms with van der Waals surface area (Å²) in [4.78, 5) is 12.9. The van der Waals surface area contributed by atoms with Gasteiger partial charge in [-0.15, -0.1) is 0 Å². The molecule has 2 aromatic rings. The van der Waals surface area contributed by atoms with Gasteiger partial charge >= 0.3 is 0 Å². The van der Waals surface area contributed by atoms with E-state index in [0.717, 1.165) is 27.4 Å². The summed E-state index contributed by atoms with van der Waals surface area (Å²) in [7, 11) is 0.745. The average molecular weight is 451 g/mol. The Kier molecular flexibility index (Phi) is 8.15. The summed E-state index contributed by atoms with van der Waals surface area (Å²) in [5.41, 5.74) is 2.10. The fourth-order valence-corrected chi connectivity index (χ4v) is 4.13. The first-order valence-electron chi connectivity index (χ1n) is 9.78. The lowest BCUT2D eigenvalue weighted by molar-refractivity contribution is -0.120. The minimum absolute atomic E-state index is 0.229. The van der Waals surface area contributed by atoms with Crippen LogP contribution >= 0.6 is 0 Å². The van der Waals surface area contributed by atoms with Crippen LogP contribution in [0.5, 0.6) is 17.2 Å². The standard InChI is InChI=1S/C22H30N2O6S/c1-7-18(16-8-10-20(29-4)15(2)12-16)23-22(25)14-24(31(6,26)27)19-13-17(28-3)9-11-21(19)30-5/h8-13,18H,7,14H2,1-6H3,(H,23,25)/t18-/m1/s1. The van der Waals surface area contributed by atoms with Crippen LogP contribution < -0.4 is 23.8 Å². The summed E-state index contributed by atoms with van der Waals surface area (Å²) >= 11 is 0. The van der Waals surface area contributed by atoms with Crippen LogP contribution in [0.25, 0.3) is 0 Å². The van der Waals surface area contributed by atoms with Gasteiger partial charge in [0.25, 0.3) is 0 Å². The molecule has 0 radical (unpaired) electrons. The second-order valence-electron chi connectivity index (χ2n) is 7.06. The second kappa shape index (κ2) is 10.4. The van der Waals surface area contributed by atoms with Crippen molar-refractivity contribution in [3.63, 3.8) is 0 Å². The molecule has 1 amide bonds. The molecule has 9 heteroatoms. The van der Waals surface area contributed by atoms with E-state index >= 15 is 0 Å². The van der Waals surface area contributed by atoms with Crippen LogP contribution in [0.1, 0.15) is 30.5 Å². The van der Waals surface area contributed by atoms with Crippen LogP contribution in [0.2, 0.25) is 0 Å². The first-order valence-corrected chi connectivity index (χ1v) is 11.6. The molecule has 1 atom stereocenters. The van der Waals surface area contributed by atoms with Gasteiger partial charge in [0.2, 0.25) is 15.9 Å². The van der Waals surface area contributed by atoms with Gasteiger partial charge in [0.15, 0.2) is 0 Å². The summed E-state index contributed by atoms with van der Waals surface area (Å²) in [6.45, 7) is 3.48. The van der Waals surface area contributed by atoms with E-state index < -0.39 is 22.5 Å². The Bertz CT molecular complexity index is 1020. The van der Waals surface area contributed by atoms with Crippen molar-refractivity contribution in [2.75, 3.05) is 38.4 Å². The number of anilines is 1. The number of hydrogen-bond acceptors (Lipinski definition) is 6.